The Labute approximate surface area is 138 Å². The zero-order chi connectivity index (χ0) is 17.0. The number of ether oxygens (including phenoxy) is 1. The van der Waals surface area contributed by atoms with Crippen LogP contribution in [0.2, 0.25) is 0 Å². The van der Waals surface area contributed by atoms with Crippen molar-refractivity contribution in [2.24, 2.45) is 5.73 Å². The maximum Gasteiger partial charge on any atom is 0.404 e. The van der Waals surface area contributed by atoms with E-state index < -0.39 is 11.8 Å². The number of primary amides is 1. The van der Waals surface area contributed by atoms with Crippen molar-refractivity contribution < 1.29 is 13.9 Å². The molecule has 0 aromatic carbocycles. The third-order valence-electron chi connectivity index (χ3n) is 2.89. The number of amides is 1. The van der Waals surface area contributed by atoms with Crippen LogP contribution in [0.15, 0.2) is 39.8 Å². The Morgan fingerprint density at radius 1 is 1.57 bits per heavy atom. The first kappa shape index (κ1) is 16.9. The van der Waals surface area contributed by atoms with Crippen LogP contribution in [-0.2, 0) is 11.3 Å². The second-order valence-corrected chi connectivity index (χ2v) is 5.53. The van der Waals surface area contributed by atoms with Crippen molar-refractivity contribution in [2.75, 3.05) is 6.61 Å². The molecule has 10 heteroatoms. The summed E-state index contributed by atoms with van der Waals surface area (Å²) in [5, 5.41) is 3.91. The van der Waals surface area contributed by atoms with Crippen LogP contribution in [0.1, 0.15) is 5.56 Å². The minimum Gasteiger partial charge on any atom is -0.445 e. The number of aromatic nitrogens is 4. The normalized spacial score (nSPS) is 11.5. The third kappa shape index (κ3) is 4.03. The van der Waals surface area contributed by atoms with E-state index in [-0.39, 0.29) is 25.1 Å². The van der Waals surface area contributed by atoms with E-state index in [1.165, 1.54) is 10.9 Å². The summed E-state index contributed by atoms with van der Waals surface area (Å²) in [6, 6.07) is 1.81. The van der Waals surface area contributed by atoms with Gasteiger partial charge in [0.2, 0.25) is 0 Å². The summed E-state index contributed by atoms with van der Waals surface area (Å²) in [4.78, 5) is 27.0. The molecule has 0 aliphatic rings. The van der Waals surface area contributed by atoms with Crippen molar-refractivity contribution in [1.29, 1.82) is 0 Å². The number of nitrogens with zero attached hydrogens (tertiary/aromatic N) is 4. The van der Waals surface area contributed by atoms with Crippen molar-refractivity contribution in [3.8, 4) is 5.82 Å². The fraction of sp³-hybridized carbons (Fsp3) is 0.231. The maximum absolute atomic E-state index is 12.8. The van der Waals surface area contributed by atoms with Crippen LogP contribution >= 0.6 is 15.9 Å². The SMILES string of the molecule is Cc1cc(Br)cnc1-n1cnn(C/C(=C/F)COC(N)=O)c1=O. The van der Waals surface area contributed by atoms with E-state index in [4.69, 9.17) is 5.73 Å². The van der Waals surface area contributed by atoms with Crippen molar-refractivity contribution in [3.63, 3.8) is 0 Å². The smallest absolute Gasteiger partial charge is 0.404 e. The van der Waals surface area contributed by atoms with Crippen LogP contribution in [0.3, 0.4) is 0 Å². The van der Waals surface area contributed by atoms with Gasteiger partial charge in [-0.2, -0.15) is 5.10 Å². The molecule has 0 fully saturated rings. The van der Waals surface area contributed by atoms with E-state index in [1.807, 2.05) is 0 Å². The summed E-state index contributed by atoms with van der Waals surface area (Å²) >= 11 is 3.29. The molecule has 122 valence electrons. The Morgan fingerprint density at radius 3 is 2.91 bits per heavy atom. The Balaban J connectivity index is 2.25. The Bertz CT molecular complexity index is 814. The number of aryl methyl sites for hydroxylation is 1. The zero-order valence-corrected chi connectivity index (χ0v) is 13.7. The quantitative estimate of drug-likeness (QED) is 0.838. The first-order valence-electron chi connectivity index (χ1n) is 6.39. The van der Waals surface area contributed by atoms with Crippen LogP contribution in [0.5, 0.6) is 0 Å². The number of hydrogen-bond donors (Lipinski definition) is 1. The first-order valence-corrected chi connectivity index (χ1v) is 7.19. The lowest BCUT2D eigenvalue weighted by molar-refractivity contribution is 0.164. The number of nitrogens with two attached hydrogens (primary N) is 1. The van der Waals surface area contributed by atoms with Gasteiger partial charge in [-0.25, -0.2) is 28.2 Å². The number of halogens is 2. The van der Waals surface area contributed by atoms with E-state index in [1.54, 1.807) is 19.2 Å². The van der Waals surface area contributed by atoms with E-state index in [9.17, 15) is 14.0 Å². The van der Waals surface area contributed by atoms with Crippen molar-refractivity contribution in [3.05, 3.63) is 51.0 Å². The van der Waals surface area contributed by atoms with E-state index >= 15 is 0 Å². The van der Waals surface area contributed by atoms with Gasteiger partial charge in [0.15, 0.2) is 0 Å². The summed E-state index contributed by atoms with van der Waals surface area (Å²) < 4.78 is 20.3. The maximum atomic E-state index is 12.8. The monoisotopic (exact) mass is 385 g/mol. The number of hydrogen-bond acceptors (Lipinski definition) is 5. The molecule has 2 rings (SSSR count). The van der Waals surface area contributed by atoms with Gasteiger partial charge in [0.25, 0.3) is 0 Å². The zero-order valence-electron chi connectivity index (χ0n) is 12.1. The van der Waals surface area contributed by atoms with Crippen LogP contribution in [0.25, 0.3) is 5.82 Å². The highest BCUT2D eigenvalue weighted by atomic mass is 79.9. The lowest BCUT2D eigenvalue weighted by Gasteiger charge is -2.06. The lowest BCUT2D eigenvalue weighted by atomic mass is 10.3. The van der Waals surface area contributed by atoms with E-state index in [0.29, 0.717) is 5.82 Å². The summed E-state index contributed by atoms with van der Waals surface area (Å²) in [7, 11) is 0. The molecule has 23 heavy (non-hydrogen) atoms. The van der Waals surface area contributed by atoms with Crippen molar-refractivity contribution in [2.45, 2.75) is 13.5 Å². The fourth-order valence-electron chi connectivity index (χ4n) is 1.84. The number of pyridine rings is 1. The van der Waals surface area contributed by atoms with Gasteiger partial charge < -0.3 is 10.5 Å². The van der Waals surface area contributed by atoms with Gasteiger partial charge in [0.1, 0.15) is 18.8 Å². The minimum absolute atomic E-state index is 0.0386. The Kier molecular flexibility index (Phi) is 5.27. The molecule has 0 unspecified atom stereocenters. The molecular weight excluding hydrogens is 373 g/mol. The van der Waals surface area contributed by atoms with Gasteiger partial charge in [-0.1, -0.05) is 0 Å². The molecule has 0 radical (unpaired) electrons. The molecule has 0 saturated carbocycles. The average Bonchev–Trinajstić information content (AvgIpc) is 2.84. The number of rotatable bonds is 5. The molecule has 2 aromatic rings. The summed E-state index contributed by atoms with van der Waals surface area (Å²) in [5.74, 6) is 0.420. The molecule has 0 aliphatic heterocycles. The number of carbonyl (C=O) groups is 1. The van der Waals surface area contributed by atoms with Crippen LogP contribution in [-0.4, -0.2) is 32.0 Å². The molecule has 2 N–H and O–H groups in total. The van der Waals surface area contributed by atoms with E-state index in [0.717, 1.165) is 14.7 Å². The molecule has 0 bridgehead atoms. The standard InChI is InChI=1S/C13H13BrFN5O3/c1-8-2-10(14)4-17-11(8)19-7-18-20(13(19)22)5-9(3-15)6-23-12(16)21/h2-4,7H,5-6H2,1H3,(H2,16,21)/b9-3-. The Hall–Kier alpha value is -2.49. The molecule has 0 spiro atoms. The molecule has 2 aromatic heterocycles. The highest BCUT2D eigenvalue weighted by Gasteiger charge is 2.12. The molecule has 0 saturated heterocycles. The van der Waals surface area contributed by atoms with E-state index in [2.05, 4.69) is 30.7 Å². The largest absolute Gasteiger partial charge is 0.445 e. The van der Waals surface area contributed by atoms with Crippen LogP contribution in [0.4, 0.5) is 9.18 Å². The van der Waals surface area contributed by atoms with Gasteiger partial charge in [0, 0.05) is 16.2 Å². The molecular formula is C13H13BrFN5O3. The minimum atomic E-state index is -1.03. The van der Waals surface area contributed by atoms with Crippen molar-refractivity contribution in [1.82, 2.24) is 19.3 Å². The van der Waals surface area contributed by atoms with Gasteiger partial charge in [0.05, 0.1) is 12.9 Å². The van der Waals surface area contributed by atoms with Gasteiger partial charge in [-0.3, -0.25) is 0 Å². The second kappa shape index (κ2) is 7.18. The second-order valence-electron chi connectivity index (χ2n) is 4.61. The third-order valence-corrected chi connectivity index (χ3v) is 3.32. The molecule has 8 nitrogen and oxygen atoms in total. The predicted molar refractivity (Wildman–Crippen MR) is 82.8 cm³/mol. The highest BCUT2D eigenvalue weighted by Crippen LogP contribution is 2.15. The Morgan fingerprint density at radius 2 is 2.30 bits per heavy atom. The van der Waals surface area contributed by atoms with Crippen LogP contribution in [0, 0.1) is 6.92 Å². The summed E-state index contributed by atoms with van der Waals surface area (Å²) in [6.45, 7) is 1.26. The van der Waals surface area contributed by atoms with Gasteiger partial charge >= 0.3 is 11.8 Å². The average molecular weight is 386 g/mol. The highest BCUT2D eigenvalue weighted by molar-refractivity contribution is 9.10. The lowest BCUT2D eigenvalue weighted by Crippen LogP contribution is -2.26. The predicted octanol–water partition coefficient (Wildman–Crippen LogP) is 1.45. The van der Waals surface area contributed by atoms with Crippen molar-refractivity contribution >= 4 is 22.0 Å². The first-order chi connectivity index (χ1) is 10.9. The summed E-state index contributed by atoms with van der Waals surface area (Å²) in [5.41, 5.74) is 5.12. The van der Waals surface area contributed by atoms with Gasteiger partial charge in [-0.15, -0.1) is 0 Å². The molecule has 0 aliphatic carbocycles. The number of carbonyl (C=O) groups excluding carboxylic acids is 1. The summed E-state index contributed by atoms with van der Waals surface area (Å²) in [6.07, 6.45) is 2.06. The topological polar surface area (TPSA) is 105 Å². The fourth-order valence-corrected chi connectivity index (χ4v) is 2.29. The van der Waals surface area contributed by atoms with Gasteiger partial charge in [-0.05, 0) is 34.5 Å². The van der Waals surface area contributed by atoms with Crippen LogP contribution < -0.4 is 11.4 Å². The molecule has 0 atom stereocenters. The molecule has 1 amide bonds. The molecule has 2 heterocycles.